The number of aromatic nitrogens is 2. The van der Waals surface area contributed by atoms with Crippen molar-refractivity contribution in [3.63, 3.8) is 0 Å². The molecule has 0 aliphatic carbocycles. The van der Waals surface area contributed by atoms with Gasteiger partial charge in [0.1, 0.15) is 23.6 Å². The molecule has 2 aromatic carbocycles. The Hall–Kier alpha value is -3.16. The Labute approximate surface area is 169 Å². The summed E-state index contributed by atoms with van der Waals surface area (Å²) in [6.45, 7) is 1.99. The van der Waals surface area contributed by atoms with Gasteiger partial charge in [-0.25, -0.2) is 15.4 Å². The number of ether oxygens (including phenoxy) is 1. The summed E-state index contributed by atoms with van der Waals surface area (Å²) in [7, 11) is 0. The molecule has 1 fully saturated rings. The van der Waals surface area contributed by atoms with Crippen LogP contribution in [0.1, 0.15) is 30.0 Å². The van der Waals surface area contributed by atoms with E-state index in [-0.39, 0.29) is 6.04 Å². The van der Waals surface area contributed by atoms with E-state index >= 15 is 0 Å². The van der Waals surface area contributed by atoms with Crippen molar-refractivity contribution in [2.45, 2.75) is 24.9 Å². The lowest BCUT2D eigenvalue weighted by atomic mass is 10.0. The molecule has 7 heteroatoms. The highest BCUT2D eigenvalue weighted by Gasteiger charge is 2.37. The average molecular weight is 388 g/mol. The SMILES string of the molecule is Nc1ncnc2c1C(c1ccc(Oc3ccccc3)cc1)NN2C1CCCNC1. The molecule has 1 aromatic heterocycles. The zero-order valence-electron chi connectivity index (χ0n) is 16.1. The van der Waals surface area contributed by atoms with Crippen molar-refractivity contribution in [2.24, 2.45) is 0 Å². The Bertz CT molecular complexity index is 972. The molecular weight excluding hydrogens is 364 g/mol. The summed E-state index contributed by atoms with van der Waals surface area (Å²) in [5.74, 6) is 3.01. The second-order valence-electron chi connectivity index (χ2n) is 7.41. The number of nitrogen functional groups attached to an aromatic ring is 1. The van der Waals surface area contributed by atoms with Crippen molar-refractivity contribution in [1.29, 1.82) is 0 Å². The first-order valence-electron chi connectivity index (χ1n) is 9.99. The van der Waals surface area contributed by atoms with Crippen molar-refractivity contribution in [1.82, 2.24) is 20.7 Å². The van der Waals surface area contributed by atoms with E-state index in [0.717, 1.165) is 54.4 Å². The first kappa shape index (κ1) is 17.9. The molecule has 0 bridgehead atoms. The number of hydrogen-bond acceptors (Lipinski definition) is 7. The molecule has 7 nitrogen and oxygen atoms in total. The molecule has 2 aliphatic rings. The van der Waals surface area contributed by atoms with E-state index in [9.17, 15) is 0 Å². The fraction of sp³-hybridized carbons (Fsp3) is 0.273. The van der Waals surface area contributed by atoms with Crippen molar-refractivity contribution in [3.8, 4) is 11.5 Å². The van der Waals surface area contributed by atoms with Gasteiger partial charge in [-0.1, -0.05) is 30.3 Å². The van der Waals surface area contributed by atoms with Crippen LogP contribution >= 0.6 is 0 Å². The summed E-state index contributed by atoms with van der Waals surface area (Å²) in [4.78, 5) is 8.78. The lowest BCUT2D eigenvalue weighted by molar-refractivity contribution is 0.401. The van der Waals surface area contributed by atoms with Crippen molar-refractivity contribution in [3.05, 3.63) is 72.1 Å². The Kier molecular flexibility index (Phi) is 4.75. The minimum Gasteiger partial charge on any atom is -0.457 e. The number of para-hydroxylation sites is 1. The number of rotatable bonds is 4. The first-order chi connectivity index (χ1) is 14.3. The van der Waals surface area contributed by atoms with Gasteiger partial charge >= 0.3 is 0 Å². The highest BCUT2D eigenvalue weighted by Crippen LogP contribution is 2.40. The van der Waals surface area contributed by atoms with Crippen molar-refractivity contribution >= 4 is 11.6 Å². The zero-order valence-corrected chi connectivity index (χ0v) is 16.1. The van der Waals surface area contributed by atoms with E-state index in [1.54, 1.807) is 0 Å². The van der Waals surface area contributed by atoms with Gasteiger partial charge in [-0.15, -0.1) is 0 Å². The summed E-state index contributed by atoms with van der Waals surface area (Å²) >= 11 is 0. The normalized spacial score (nSPS) is 21.0. The Morgan fingerprint density at radius 1 is 1.00 bits per heavy atom. The summed E-state index contributed by atoms with van der Waals surface area (Å²) in [5.41, 5.74) is 11.9. The van der Waals surface area contributed by atoms with E-state index in [2.05, 4.69) is 37.9 Å². The number of benzene rings is 2. The molecule has 2 unspecified atom stereocenters. The molecule has 3 heterocycles. The second kappa shape index (κ2) is 7.69. The van der Waals surface area contributed by atoms with Gasteiger partial charge in [-0.2, -0.15) is 0 Å². The number of piperidine rings is 1. The zero-order chi connectivity index (χ0) is 19.6. The highest BCUT2D eigenvalue weighted by atomic mass is 16.5. The van der Waals surface area contributed by atoms with Crippen LogP contribution in [0.5, 0.6) is 11.5 Å². The van der Waals surface area contributed by atoms with Crippen LogP contribution in [0.2, 0.25) is 0 Å². The molecule has 2 atom stereocenters. The summed E-state index contributed by atoms with van der Waals surface area (Å²) in [6.07, 6.45) is 3.80. The van der Waals surface area contributed by atoms with Gasteiger partial charge in [0.2, 0.25) is 0 Å². The van der Waals surface area contributed by atoms with Crippen LogP contribution in [-0.2, 0) is 0 Å². The molecular formula is C22H24N6O. The molecule has 4 N–H and O–H groups in total. The molecule has 0 amide bonds. The quantitative estimate of drug-likeness (QED) is 0.633. The van der Waals surface area contributed by atoms with Crippen LogP contribution in [0.15, 0.2) is 60.9 Å². The number of hydrazine groups is 1. The molecule has 0 spiro atoms. The van der Waals surface area contributed by atoms with Gasteiger partial charge in [-0.05, 0) is 49.2 Å². The monoisotopic (exact) mass is 388 g/mol. The summed E-state index contributed by atoms with van der Waals surface area (Å²) < 4.78 is 5.92. The molecule has 148 valence electrons. The molecule has 1 saturated heterocycles. The minimum atomic E-state index is -0.0844. The molecule has 29 heavy (non-hydrogen) atoms. The van der Waals surface area contributed by atoms with Gasteiger partial charge < -0.3 is 15.8 Å². The van der Waals surface area contributed by atoms with Crippen LogP contribution in [-0.4, -0.2) is 29.1 Å². The fourth-order valence-electron chi connectivity index (χ4n) is 4.06. The topological polar surface area (TPSA) is 88.3 Å². The van der Waals surface area contributed by atoms with Crippen LogP contribution in [0, 0.1) is 0 Å². The number of nitrogens with two attached hydrogens (primary N) is 1. The van der Waals surface area contributed by atoms with E-state index in [1.807, 2.05) is 42.5 Å². The number of hydrogen-bond donors (Lipinski definition) is 3. The third kappa shape index (κ3) is 3.50. The number of fused-ring (bicyclic) bond motifs is 1. The Morgan fingerprint density at radius 2 is 1.79 bits per heavy atom. The van der Waals surface area contributed by atoms with Gasteiger partial charge in [0.05, 0.1) is 17.6 Å². The second-order valence-corrected chi connectivity index (χ2v) is 7.41. The summed E-state index contributed by atoms with van der Waals surface area (Å²) in [6, 6.07) is 18.1. The van der Waals surface area contributed by atoms with Crippen molar-refractivity contribution < 1.29 is 4.74 Å². The Balaban J connectivity index is 1.42. The van der Waals surface area contributed by atoms with E-state index in [1.165, 1.54) is 6.33 Å². The van der Waals surface area contributed by atoms with E-state index < -0.39 is 0 Å². The van der Waals surface area contributed by atoms with Crippen LogP contribution in [0.25, 0.3) is 0 Å². The molecule has 0 saturated carbocycles. The summed E-state index contributed by atoms with van der Waals surface area (Å²) in [5, 5.41) is 5.63. The molecule has 5 rings (SSSR count). The van der Waals surface area contributed by atoms with Crippen LogP contribution < -0.4 is 26.2 Å². The van der Waals surface area contributed by atoms with E-state index in [0.29, 0.717) is 11.9 Å². The maximum absolute atomic E-state index is 6.27. The van der Waals surface area contributed by atoms with Crippen LogP contribution in [0.4, 0.5) is 11.6 Å². The third-order valence-electron chi connectivity index (χ3n) is 5.51. The van der Waals surface area contributed by atoms with Crippen LogP contribution in [0.3, 0.4) is 0 Å². The average Bonchev–Trinajstić information content (AvgIpc) is 3.17. The van der Waals surface area contributed by atoms with Gasteiger partial charge in [0.25, 0.3) is 0 Å². The Morgan fingerprint density at radius 3 is 2.55 bits per heavy atom. The first-order valence-corrected chi connectivity index (χ1v) is 9.99. The molecule has 3 aromatic rings. The number of anilines is 2. The van der Waals surface area contributed by atoms with Gasteiger partial charge in [-0.3, -0.25) is 5.01 Å². The van der Waals surface area contributed by atoms with Gasteiger partial charge in [0, 0.05) is 6.54 Å². The van der Waals surface area contributed by atoms with Crippen molar-refractivity contribution in [2.75, 3.05) is 23.8 Å². The predicted molar refractivity (Wildman–Crippen MR) is 113 cm³/mol. The molecule has 2 aliphatic heterocycles. The lowest BCUT2D eigenvalue weighted by Crippen LogP contribution is -2.51. The maximum Gasteiger partial charge on any atom is 0.153 e. The molecule has 0 radical (unpaired) electrons. The standard InChI is InChI=1S/C22H24N6O/c23-21-19-20(15-8-10-18(11-9-15)29-17-6-2-1-3-7-17)27-28(22(19)26-14-25-21)16-5-4-12-24-13-16/h1-3,6-11,14,16,20,24,27H,4-5,12-13H2,(H2,23,25,26). The fourth-order valence-corrected chi connectivity index (χ4v) is 4.06. The number of nitrogens with one attached hydrogen (secondary N) is 2. The third-order valence-corrected chi connectivity index (χ3v) is 5.51. The number of nitrogens with zero attached hydrogens (tertiary/aromatic N) is 3. The highest BCUT2D eigenvalue weighted by molar-refractivity contribution is 5.64. The smallest absolute Gasteiger partial charge is 0.153 e. The minimum absolute atomic E-state index is 0.0844. The lowest BCUT2D eigenvalue weighted by Gasteiger charge is -2.33. The largest absolute Gasteiger partial charge is 0.457 e. The predicted octanol–water partition coefficient (Wildman–Crippen LogP) is 3.02. The maximum atomic E-state index is 6.27. The van der Waals surface area contributed by atoms with E-state index in [4.69, 9.17) is 10.5 Å². The van der Waals surface area contributed by atoms with Gasteiger partial charge in [0.15, 0.2) is 5.82 Å².